The lowest BCUT2D eigenvalue weighted by molar-refractivity contribution is 0.219. The molecule has 1 rings (SSSR count). The summed E-state index contributed by atoms with van der Waals surface area (Å²) in [5.74, 6) is 0. The summed E-state index contributed by atoms with van der Waals surface area (Å²) >= 11 is 0. The molecule has 1 aliphatic rings. The van der Waals surface area contributed by atoms with Gasteiger partial charge in [0.05, 0.1) is 0 Å². The van der Waals surface area contributed by atoms with Crippen LogP contribution in [0.15, 0.2) is 0 Å². The average molecular weight is 99.9 g/mol. The van der Waals surface area contributed by atoms with Crippen molar-refractivity contribution < 1.29 is 9.68 Å². The van der Waals surface area contributed by atoms with E-state index in [2.05, 4.69) is 0 Å². The van der Waals surface area contributed by atoms with Crippen LogP contribution in [0.3, 0.4) is 0 Å². The summed E-state index contributed by atoms with van der Waals surface area (Å²) in [5.41, 5.74) is 0. The molecule has 0 amide bonds. The Morgan fingerprint density at radius 3 is 2.71 bits per heavy atom. The van der Waals surface area contributed by atoms with Crippen LogP contribution < -0.4 is 0 Å². The molecule has 0 bridgehead atoms. The summed E-state index contributed by atoms with van der Waals surface area (Å²) in [6, 6.07) is 0. The van der Waals surface area contributed by atoms with Crippen LogP contribution in [-0.2, 0) is 4.65 Å². The molecule has 1 fully saturated rings. The Labute approximate surface area is 43.6 Å². The molecule has 1 N–H and O–H groups in total. The number of rotatable bonds is 0. The molecule has 0 aliphatic carbocycles. The molecule has 1 aliphatic heterocycles. The molecule has 0 aromatic carbocycles. The van der Waals surface area contributed by atoms with Gasteiger partial charge < -0.3 is 9.68 Å². The SMILES string of the molecule is CC1CCB(O)O1. The molecular weight excluding hydrogens is 90.9 g/mol. The Morgan fingerprint density at radius 2 is 2.57 bits per heavy atom. The van der Waals surface area contributed by atoms with E-state index < -0.39 is 7.12 Å². The first kappa shape index (κ1) is 5.13. The highest BCUT2D eigenvalue weighted by Crippen LogP contribution is 2.14. The van der Waals surface area contributed by atoms with Crippen molar-refractivity contribution in [1.82, 2.24) is 0 Å². The van der Waals surface area contributed by atoms with Crippen molar-refractivity contribution in [3.05, 3.63) is 0 Å². The molecule has 0 saturated carbocycles. The normalized spacial score (nSPS) is 31.7. The van der Waals surface area contributed by atoms with E-state index in [9.17, 15) is 0 Å². The van der Waals surface area contributed by atoms with Gasteiger partial charge in [0.25, 0.3) is 0 Å². The first-order valence-electron chi connectivity index (χ1n) is 2.62. The maximum Gasteiger partial charge on any atom is 0.454 e. The lowest BCUT2D eigenvalue weighted by Gasteiger charge is -1.98. The van der Waals surface area contributed by atoms with E-state index in [0.717, 1.165) is 12.7 Å². The summed E-state index contributed by atoms with van der Waals surface area (Å²) in [6.45, 7) is 1.97. The molecule has 1 saturated heterocycles. The first-order chi connectivity index (χ1) is 3.29. The van der Waals surface area contributed by atoms with Gasteiger partial charge in [0, 0.05) is 6.10 Å². The molecule has 0 aromatic heterocycles. The topological polar surface area (TPSA) is 29.5 Å². The molecule has 40 valence electrons. The van der Waals surface area contributed by atoms with E-state index in [4.69, 9.17) is 9.68 Å². The van der Waals surface area contributed by atoms with Crippen molar-refractivity contribution in [1.29, 1.82) is 0 Å². The minimum absolute atomic E-state index is 0.273. The molecule has 7 heavy (non-hydrogen) atoms. The third-order valence-electron chi connectivity index (χ3n) is 1.21. The quantitative estimate of drug-likeness (QED) is 0.443. The van der Waals surface area contributed by atoms with Gasteiger partial charge in [-0.3, -0.25) is 0 Å². The van der Waals surface area contributed by atoms with Crippen LogP contribution in [0.25, 0.3) is 0 Å². The van der Waals surface area contributed by atoms with Crippen LogP contribution in [0, 0.1) is 0 Å². The fourth-order valence-electron chi connectivity index (χ4n) is 0.782. The Balaban J connectivity index is 2.26. The van der Waals surface area contributed by atoms with Gasteiger partial charge in [0.2, 0.25) is 0 Å². The van der Waals surface area contributed by atoms with Crippen LogP contribution in [0.1, 0.15) is 13.3 Å². The van der Waals surface area contributed by atoms with Gasteiger partial charge in [-0.05, 0) is 19.7 Å². The predicted molar refractivity (Wildman–Crippen MR) is 27.9 cm³/mol. The zero-order valence-electron chi connectivity index (χ0n) is 4.42. The van der Waals surface area contributed by atoms with E-state index in [1.165, 1.54) is 0 Å². The fraction of sp³-hybridized carbons (Fsp3) is 1.00. The maximum atomic E-state index is 8.68. The lowest BCUT2D eigenvalue weighted by Crippen LogP contribution is -2.11. The minimum atomic E-state index is -0.477. The molecule has 0 aromatic rings. The second-order valence-electron chi connectivity index (χ2n) is 1.98. The van der Waals surface area contributed by atoms with Crippen molar-refractivity contribution in [2.24, 2.45) is 0 Å². The Morgan fingerprint density at radius 1 is 1.86 bits per heavy atom. The fourth-order valence-corrected chi connectivity index (χ4v) is 0.782. The van der Waals surface area contributed by atoms with Crippen molar-refractivity contribution in [2.75, 3.05) is 0 Å². The Kier molecular flexibility index (Phi) is 1.35. The Bertz CT molecular complexity index is 58.7. The second kappa shape index (κ2) is 1.84. The van der Waals surface area contributed by atoms with Crippen LogP contribution in [0.4, 0.5) is 0 Å². The summed E-state index contributed by atoms with van der Waals surface area (Å²) < 4.78 is 4.92. The average Bonchev–Trinajstić information content (AvgIpc) is 1.87. The molecular formula is C4H9BO2. The van der Waals surface area contributed by atoms with E-state index in [0.29, 0.717) is 0 Å². The summed E-state index contributed by atoms with van der Waals surface area (Å²) in [6.07, 6.45) is 2.08. The smallest absolute Gasteiger partial charge is 0.427 e. The standard InChI is InChI=1S/C4H9BO2/c1-4-2-3-5(6)7-4/h4,6H,2-3H2,1H3. The summed E-state index contributed by atoms with van der Waals surface area (Å²) in [5, 5.41) is 8.68. The van der Waals surface area contributed by atoms with Gasteiger partial charge in [-0.15, -0.1) is 0 Å². The number of hydrogen-bond donors (Lipinski definition) is 1. The minimum Gasteiger partial charge on any atom is -0.427 e. The summed E-state index contributed by atoms with van der Waals surface area (Å²) in [7, 11) is -0.477. The van der Waals surface area contributed by atoms with Gasteiger partial charge in [-0.25, -0.2) is 0 Å². The van der Waals surface area contributed by atoms with E-state index in [-0.39, 0.29) is 6.10 Å². The van der Waals surface area contributed by atoms with Crippen LogP contribution in [0.2, 0.25) is 6.32 Å². The van der Waals surface area contributed by atoms with Crippen LogP contribution in [0.5, 0.6) is 0 Å². The van der Waals surface area contributed by atoms with E-state index in [1.807, 2.05) is 6.92 Å². The van der Waals surface area contributed by atoms with Gasteiger partial charge in [-0.1, -0.05) is 0 Å². The molecule has 2 nitrogen and oxygen atoms in total. The van der Waals surface area contributed by atoms with Crippen molar-refractivity contribution in [3.63, 3.8) is 0 Å². The summed E-state index contributed by atoms with van der Waals surface area (Å²) in [4.78, 5) is 0. The monoisotopic (exact) mass is 100 g/mol. The molecule has 0 spiro atoms. The molecule has 1 heterocycles. The highest BCUT2D eigenvalue weighted by Gasteiger charge is 2.24. The van der Waals surface area contributed by atoms with Crippen molar-refractivity contribution in [3.8, 4) is 0 Å². The van der Waals surface area contributed by atoms with Gasteiger partial charge in [-0.2, -0.15) is 0 Å². The highest BCUT2D eigenvalue weighted by molar-refractivity contribution is 6.43. The largest absolute Gasteiger partial charge is 0.454 e. The van der Waals surface area contributed by atoms with E-state index in [1.54, 1.807) is 0 Å². The van der Waals surface area contributed by atoms with E-state index >= 15 is 0 Å². The zero-order valence-corrected chi connectivity index (χ0v) is 4.42. The van der Waals surface area contributed by atoms with Gasteiger partial charge in [0.1, 0.15) is 0 Å². The van der Waals surface area contributed by atoms with Crippen molar-refractivity contribution >= 4 is 7.12 Å². The van der Waals surface area contributed by atoms with Crippen LogP contribution >= 0.6 is 0 Å². The maximum absolute atomic E-state index is 8.68. The molecule has 1 atom stereocenters. The third-order valence-corrected chi connectivity index (χ3v) is 1.21. The van der Waals surface area contributed by atoms with Crippen molar-refractivity contribution in [2.45, 2.75) is 25.8 Å². The molecule has 0 radical (unpaired) electrons. The Hall–Kier alpha value is -0.0151. The second-order valence-corrected chi connectivity index (χ2v) is 1.98. The highest BCUT2D eigenvalue weighted by atomic mass is 16.5. The van der Waals surface area contributed by atoms with Gasteiger partial charge in [0.15, 0.2) is 0 Å². The molecule has 1 unspecified atom stereocenters. The first-order valence-corrected chi connectivity index (χ1v) is 2.62. The third kappa shape index (κ3) is 1.18. The van der Waals surface area contributed by atoms with Crippen LogP contribution in [-0.4, -0.2) is 18.2 Å². The predicted octanol–water partition coefficient (Wildman–Crippen LogP) is 0.276. The number of hydrogen-bond acceptors (Lipinski definition) is 2. The zero-order chi connectivity index (χ0) is 5.28. The molecule has 3 heteroatoms. The van der Waals surface area contributed by atoms with Gasteiger partial charge >= 0.3 is 7.12 Å². The lowest BCUT2D eigenvalue weighted by atomic mass is 9.87.